The van der Waals surface area contributed by atoms with Gasteiger partial charge in [-0.3, -0.25) is 4.90 Å². The number of nitriles is 1. The highest BCUT2D eigenvalue weighted by Gasteiger charge is 2.27. The Morgan fingerprint density at radius 1 is 1.33 bits per heavy atom. The predicted molar refractivity (Wildman–Crippen MR) is 72.0 cm³/mol. The molecule has 3 rings (SSSR count). The fraction of sp³-hybridized carbons (Fsp3) is 0.400. The summed E-state index contributed by atoms with van der Waals surface area (Å²) in [6, 6.07) is 9.39. The maximum Gasteiger partial charge on any atom is 0.0657 e. The third-order valence-corrected chi connectivity index (χ3v) is 4.03. The van der Waals surface area contributed by atoms with E-state index in [9.17, 15) is 0 Å². The van der Waals surface area contributed by atoms with Crippen LogP contribution in [0.1, 0.15) is 24.4 Å². The van der Waals surface area contributed by atoms with Crippen LogP contribution in [0.25, 0.3) is 10.8 Å². The molecule has 0 radical (unpaired) electrons. The normalized spacial score (nSPS) is 25.1. The van der Waals surface area contributed by atoms with Crippen LogP contribution in [-0.4, -0.2) is 23.5 Å². The summed E-state index contributed by atoms with van der Waals surface area (Å²) in [6.45, 7) is 1.01. The summed E-state index contributed by atoms with van der Waals surface area (Å²) in [5.74, 6) is 0.202. The molecule has 0 bridgehead atoms. The van der Waals surface area contributed by atoms with Gasteiger partial charge in [0.15, 0.2) is 0 Å². The van der Waals surface area contributed by atoms with E-state index < -0.39 is 0 Å². The Balaban J connectivity index is 1.94. The van der Waals surface area contributed by atoms with Gasteiger partial charge in [-0.2, -0.15) is 5.26 Å². The first-order valence-electron chi connectivity index (χ1n) is 6.44. The number of benzene rings is 1. The molecule has 2 unspecified atom stereocenters. The lowest BCUT2D eigenvalue weighted by atomic mass is 9.88. The maximum atomic E-state index is 9.11. The van der Waals surface area contributed by atoms with Crippen molar-refractivity contribution in [3.8, 4) is 6.07 Å². The highest BCUT2D eigenvalue weighted by molar-refractivity contribution is 5.82. The van der Waals surface area contributed by atoms with Gasteiger partial charge in [0.2, 0.25) is 0 Å². The highest BCUT2D eigenvalue weighted by atomic mass is 15.1. The molecule has 1 aromatic carbocycles. The molecular formula is C15H17N3. The van der Waals surface area contributed by atoms with Gasteiger partial charge in [0.05, 0.1) is 6.07 Å². The number of hydrogen-bond acceptors (Lipinski definition) is 2. The van der Waals surface area contributed by atoms with Crippen LogP contribution in [0.15, 0.2) is 30.6 Å². The number of fused-ring (bicyclic) bond motifs is 1. The van der Waals surface area contributed by atoms with Gasteiger partial charge in [0, 0.05) is 24.4 Å². The van der Waals surface area contributed by atoms with Crippen molar-refractivity contribution in [1.82, 2.24) is 9.88 Å². The molecule has 1 aromatic heterocycles. The van der Waals surface area contributed by atoms with Gasteiger partial charge < -0.3 is 4.98 Å². The second kappa shape index (κ2) is 4.47. The molecule has 2 heterocycles. The van der Waals surface area contributed by atoms with Crippen molar-refractivity contribution in [3.05, 3.63) is 36.2 Å². The Morgan fingerprint density at radius 3 is 3.00 bits per heavy atom. The lowest BCUT2D eigenvalue weighted by molar-refractivity contribution is 0.163. The van der Waals surface area contributed by atoms with Gasteiger partial charge in [-0.05, 0) is 48.8 Å². The summed E-state index contributed by atoms with van der Waals surface area (Å²) in [4.78, 5) is 5.50. The fourth-order valence-corrected chi connectivity index (χ4v) is 2.87. The number of H-pyrrole nitrogens is 1. The zero-order chi connectivity index (χ0) is 12.5. The van der Waals surface area contributed by atoms with Gasteiger partial charge in [0.1, 0.15) is 0 Å². The van der Waals surface area contributed by atoms with Crippen LogP contribution in [0.3, 0.4) is 0 Å². The number of hydrogen-bond donors (Lipinski definition) is 1. The van der Waals surface area contributed by atoms with Crippen LogP contribution >= 0.6 is 0 Å². The molecule has 0 amide bonds. The van der Waals surface area contributed by atoms with Crippen molar-refractivity contribution in [2.24, 2.45) is 5.92 Å². The Morgan fingerprint density at radius 2 is 2.17 bits per heavy atom. The minimum absolute atomic E-state index is 0.202. The van der Waals surface area contributed by atoms with Gasteiger partial charge in [-0.1, -0.05) is 12.1 Å². The molecule has 18 heavy (non-hydrogen) atoms. The predicted octanol–water partition coefficient (Wildman–Crippen LogP) is 3.07. The fourth-order valence-electron chi connectivity index (χ4n) is 2.87. The van der Waals surface area contributed by atoms with Crippen LogP contribution in [0.2, 0.25) is 0 Å². The molecule has 92 valence electrons. The topological polar surface area (TPSA) is 42.8 Å². The number of aromatic amines is 1. The van der Waals surface area contributed by atoms with Crippen molar-refractivity contribution in [1.29, 1.82) is 5.26 Å². The second-order valence-corrected chi connectivity index (χ2v) is 5.19. The minimum atomic E-state index is 0.202. The van der Waals surface area contributed by atoms with E-state index in [2.05, 4.69) is 41.2 Å². The zero-order valence-electron chi connectivity index (χ0n) is 10.6. The number of piperidine rings is 1. The quantitative estimate of drug-likeness (QED) is 0.831. The van der Waals surface area contributed by atoms with Crippen LogP contribution in [0.4, 0.5) is 0 Å². The minimum Gasteiger partial charge on any atom is -0.366 e. The van der Waals surface area contributed by atoms with E-state index in [1.165, 1.54) is 16.3 Å². The van der Waals surface area contributed by atoms with Crippen molar-refractivity contribution in [2.45, 2.75) is 18.9 Å². The first-order valence-corrected chi connectivity index (χ1v) is 6.44. The molecule has 0 saturated carbocycles. The second-order valence-electron chi connectivity index (χ2n) is 5.19. The van der Waals surface area contributed by atoms with Crippen LogP contribution in [0, 0.1) is 17.2 Å². The molecular weight excluding hydrogens is 222 g/mol. The van der Waals surface area contributed by atoms with E-state index >= 15 is 0 Å². The summed E-state index contributed by atoms with van der Waals surface area (Å²) in [6.07, 6.45) is 5.99. The third-order valence-electron chi connectivity index (χ3n) is 4.03. The molecule has 0 aliphatic carbocycles. The lowest BCUT2D eigenvalue weighted by Crippen LogP contribution is -2.33. The third kappa shape index (κ3) is 1.89. The Labute approximate surface area is 107 Å². The average molecular weight is 239 g/mol. The van der Waals surface area contributed by atoms with Gasteiger partial charge in [0.25, 0.3) is 0 Å². The van der Waals surface area contributed by atoms with Gasteiger partial charge in [-0.15, -0.1) is 0 Å². The summed E-state index contributed by atoms with van der Waals surface area (Å²) in [5.41, 5.74) is 1.32. The molecule has 3 nitrogen and oxygen atoms in total. The molecule has 1 fully saturated rings. The molecule has 0 spiro atoms. The molecule has 1 saturated heterocycles. The zero-order valence-corrected chi connectivity index (χ0v) is 10.6. The number of aromatic nitrogens is 1. The van der Waals surface area contributed by atoms with Crippen LogP contribution < -0.4 is 0 Å². The average Bonchev–Trinajstić information content (AvgIpc) is 2.86. The highest BCUT2D eigenvalue weighted by Crippen LogP contribution is 2.33. The summed E-state index contributed by atoms with van der Waals surface area (Å²) >= 11 is 0. The standard InChI is InChI=1S/C15H17N3/c1-18-5-4-11(8-16)6-15(18)12-2-3-13-9-17-10-14(13)7-12/h2-3,7,9-11,15,17H,4-6H2,1H3. The number of likely N-dealkylation sites (tertiary alicyclic amines) is 1. The van der Waals surface area contributed by atoms with E-state index in [0.717, 1.165) is 19.4 Å². The largest absolute Gasteiger partial charge is 0.366 e. The van der Waals surface area contributed by atoms with Crippen LogP contribution in [0.5, 0.6) is 0 Å². The van der Waals surface area contributed by atoms with E-state index in [1.807, 2.05) is 12.4 Å². The monoisotopic (exact) mass is 239 g/mol. The number of rotatable bonds is 1. The van der Waals surface area contributed by atoms with Crippen molar-refractivity contribution in [2.75, 3.05) is 13.6 Å². The SMILES string of the molecule is CN1CCC(C#N)CC1c1ccc2c[nH]cc2c1. The summed E-state index contributed by atoms with van der Waals surface area (Å²) in [7, 11) is 2.15. The van der Waals surface area contributed by atoms with Gasteiger partial charge in [-0.25, -0.2) is 0 Å². The first-order chi connectivity index (χ1) is 8.78. The summed E-state index contributed by atoms with van der Waals surface area (Å²) in [5, 5.41) is 11.6. The lowest BCUT2D eigenvalue weighted by Gasteiger charge is -2.35. The van der Waals surface area contributed by atoms with Crippen LogP contribution in [-0.2, 0) is 0 Å². The number of nitrogens with one attached hydrogen (secondary N) is 1. The van der Waals surface area contributed by atoms with E-state index in [1.54, 1.807) is 0 Å². The Hall–Kier alpha value is -1.79. The van der Waals surface area contributed by atoms with Crippen molar-refractivity contribution < 1.29 is 0 Å². The van der Waals surface area contributed by atoms with E-state index in [-0.39, 0.29) is 5.92 Å². The van der Waals surface area contributed by atoms with Crippen molar-refractivity contribution in [3.63, 3.8) is 0 Å². The van der Waals surface area contributed by atoms with E-state index in [0.29, 0.717) is 6.04 Å². The molecule has 3 heteroatoms. The van der Waals surface area contributed by atoms with Crippen molar-refractivity contribution >= 4 is 10.8 Å². The summed E-state index contributed by atoms with van der Waals surface area (Å²) < 4.78 is 0. The number of nitrogens with zero attached hydrogens (tertiary/aromatic N) is 2. The maximum absolute atomic E-state index is 9.11. The molecule has 1 N–H and O–H groups in total. The molecule has 2 atom stereocenters. The Kier molecular flexibility index (Phi) is 2.81. The van der Waals surface area contributed by atoms with Gasteiger partial charge >= 0.3 is 0 Å². The molecule has 1 aliphatic heterocycles. The Bertz CT molecular complexity index is 593. The molecule has 1 aliphatic rings. The van der Waals surface area contributed by atoms with E-state index in [4.69, 9.17) is 5.26 Å². The molecule has 2 aromatic rings. The first kappa shape index (κ1) is 11.3. The smallest absolute Gasteiger partial charge is 0.0657 e.